The summed E-state index contributed by atoms with van der Waals surface area (Å²) in [5, 5.41) is 0.630. The Morgan fingerprint density at radius 3 is 3.08 bits per heavy atom. The summed E-state index contributed by atoms with van der Waals surface area (Å²) in [4.78, 5) is 4.44. The van der Waals surface area contributed by atoms with E-state index < -0.39 is 0 Å². The average Bonchev–Trinajstić information content (AvgIpc) is 2.12. The first-order chi connectivity index (χ1) is 5.79. The van der Waals surface area contributed by atoms with Crippen LogP contribution in [0.5, 0.6) is 0 Å². The van der Waals surface area contributed by atoms with Crippen LogP contribution in [0.1, 0.15) is 36.3 Å². The molecule has 1 aliphatic heterocycles. The molecule has 0 fully saturated rings. The minimum atomic E-state index is 0.627. The van der Waals surface area contributed by atoms with Gasteiger partial charge in [-0.15, -0.1) is 0 Å². The number of rotatable bonds is 0. The zero-order valence-corrected chi connectivity index (χ0v) is 8.27. The molecule has 2 atom stereocenters. The first-order valence-corrected chi connectivity index (χ1v) is 5.40. The highest BCUT2D eigenvalue weighted by molar-refractivity contribution is 7.99. The highest BCUT2D eigenvalue weighted by Gasteiger charge is 2.22. The van der Waals surface area contributed by atoms with Gasteiger partial charge in [0.25, 0.3) is 0 Å². The summed E-state index contributed by atoms with van der Waals surface area (Å²) < 4.78 is 0. The van der Waals surface area contributed by atoms with E-state index in [1.165, 1.54) is 17.0 Å². The summed E-state index contributed by atoms with van der Waals surface area (Å²) in [6.07, 6.45) is 1.90. The molecule has 2 heteroatoms. The fourth-order valence-corrected chi connectivity index (χ4v) is 2.76. The number of thioether (sulfide) groups is 1. The summed E-state index contributed by atoms with van der Waals surface area (Å²) in [6.45, 7) is 4.52. The molecule has 2 rings (SSSR count). The molecule has 1 aliphatic rings. The number of hydrogen-bond acceptors (Lipinski definition) is 2. The molecule has 1 nitrogen and oxygen atoms in total. The molecule has 0 spiro atoms. The minimum Gasteiger partial charge on any atom is -0.261 e. The van der Waals surface area contributed by atoms with Gasteiger partial charge in [-0.25, -0.2) is 0 Å². The van der Waals surface area contributed by atoms with Crippen LogP contribution in [0.15, 0.2) is 18.3 Å². The minimum absolute atomic E-state index is 0.627. The Morgan fingerprint density at radius 2 is 2.33 bits per heavy atom. The maximum atomic E-state index is 4.44. The first kappa shape index (κ1) is 8.11. The van der Waals surface area contributed by atoms with E-state index >= 15 is 0 Å². The Kier molecular flexibility index (Phi) is 2.09. The summed E-state index contributed by atoms with van der Waals surface area (Å²) in [7, 11) is 0. The zero-order valence-electron chi connectivity index (χ0n) is 7.45. The van der Waals surface area contributed by atoms with E-state index in [9.17, 15) is 0 Å². The van der Waals surface area contributed by atoms with Gasteiger partial charge in [0, 0.05) is 28.8 Å². The summed E-state index contributed by atoms with van der Waals surface area (Å²) >= 11 is 2.03. The lowest BCUT2D eigenvalue weighted by atomic mass is 10.0. The average molecular weight is 179 g/mol. The first-order valence-electron chi connectivity index (χ1n) is 4.35. The van der Waals surface area contributed by atoms with Crippen LogP contribution < -0.4 is 0 Å². The molecular weight excluding hydrogens is 166 g/mol. The zero-order chi connectivity index (χ0) is 8.55. The van der Waals surface area contributed by atoms with E-state index in [4.69, 9.17) is 0 Å². The third-order valence-electron chi connectivity index (χ3n) is 2.37. The number of fused-ring (bicyclic) bond motifs is 1. The highest BCUT2D eigenvalue weighted by atomic mass is 32.2. The molecule has 64 valence electrons. The lowest BCUT2D eigenvalue weighted by Gasteiger charge is -2.25. The van der Waals surface area contributed by atoms with Gasteiger partial charge in [-0.1, -0.05) is 13.0 Å². The number of pyridine rings is 1. The predicted molar refractivity (Wildman–Crippen MR) is 53.5 cm³/mol. The van der Waals surface area contributed by atoms with E-state index in [1.807, 2.05) is 24.0 Å². The van der Waals surface area contributed by atoms with Crippen LogP contribution in [-0.2, 0) is 0 Å². The Morgan fingerprint density at radius 1 is 1.50 bits per heavy atom. The van der Waals surface area contributed by atoms with Crippen LogP contribution in [0.3, 0.4) is 0 Å². The molecule has 0 aromatic carbocycles. The van der Waals surface area contributed by atoms with Crippen LogP contribution in [0, 0.1) is 0 Å². The molecule has 0 N–H and O–H groups in total. The van der Waals surface area contributed by atoms with Crippen LogP contribution in [-0.4, -0.2) is 10.7 Å². The van der Waals surface area contributed by atoms with E-state index in [1.54, 1.807) is 0 Å². The molecule has 0 saturated carbocycles. The molecule has 12 heavy (non-hydrogen) atoms. The predicted octanol–water partition coefficient (Wildman–Crippen LogP) is 2.99. The van der Waals surface area contributed by atoms with E-state index in [2.05, 4.69) is 24.9 Å². The van der Waals surface area contributed by atoms with Crippen molar-refractivity contribution in [2.45, 2.75) is 25.0 Å². The van der Waals surface area contributed by atoms with Gasteiger partial charge in [0.15, 0.2) is 0 Å². The van der Waals surface area contributed by atoms with E-state index in [0.717, 1.165) is 0 Å². The second-order valence-corrected chi connectivity index (χ2v) is 4.73. The molecular formula is C10H13NS. The maximum absolute atomic E-state index is 4.44. The summed E-state index contributed by atoms with van der Waals surface area (Å²) in [5.74, 6) is 1.84. The molecule has 0 aliphatic carbocycles. The highest BCUT2D eigenvalue weighted by Crippen LogP contribution is 2.40. The van der Waals surface area contributed by atoms with Gasteiger partial charge >= 0.3 is 0 Å². The smallest absolute Gasteiger partial charge is 0.0483 e. The Labute approximate surface area is 77.6 Å². The largest absolute Gasteiger partial charge is 0.261 e. The molecule has 0 radical (unpaired) electrons. The van der Waals surface area contributed by atoms with Gasteiger partial charge in [-0.05, 0) is 18.6 Å². The second kappa shape index (κ2) is 3.09. The van der Waals surface area contributed by atoms with Crippen molar-refractivity contribution in [1.29, 1.82) is 0 Å². The quantitative estimate of drug-likeness (QED) is 0.607. The van der Waals surface area contributed by atoms with Crippen molar-refractivity contribution >= 4 is 11.8 Å². The fourth-order valence-electron chi connectivity index (χ4n) is 1.64. The fraction of sp³-hybridized carbons (Fsp3) is 0.500. The van der Waals surface area contributed by atoms with Gasteiger partial charge in [0.2, 0.25) is 0 Å². The Hall–Kier alpha value is -0.500. The maximum Gasteiger partial charge on any atom is 0.0483 e. The molecule has 0 bridgehead atoms. The van der Waals surface area contributed by atoms with Crippen molar-refractivity contribution in [2.75, 3.05) is 5.75 Å². The molecule has 2 unspecified atom stereocenters. The lowest BCUT2D eigenvalue weighted by Crippen LogP contribution is -2.11. The van der Waals surface area contributed by atoms with Gasteiger partial charge < -0.3 is 0 Å². The van der Waals surface area contributed by atoms with Crippen molar-refractivity contribution < 1.29 is 0 Å². The molecule has 2 heterocycles. The SMILES string of the molecule is CC1CSC(C)c2cccnc21. The molecule has 1 aromatic rings. The van der Waals surface area contributed by atoms with Crippen LogP contribution in [0.25, 0.3) is 0 Å². The van der Waals surface area contributed by atoms with Crippen molar-refractivity contribution in [3.8, 4) is 0 Å². The number of hydrogen-bond donors (Lipinski definition) is 0. The third kappa shape index (κ3) is 1.24. The van der Waals surface area contributed by atoms with Gasteiger partial charge in [0.1, 0.15) is 0 Å². The molecule has 0 saturated heterocycles. The lowest BCUT2D eigenvalue weighted by molar-refractivity contribution is 0.785. The Bertz CT molecular complexity index is 256. The van der Waals surface area contributed by atoms with Gasteiger partial charge in [-0.2, -0.15) is 11.8 Å². The number of aromatic nitrogens is 1. The van der Waals surface area contributed by atoms with Crippen molar-refractivity contribution in [2.24, 2.45) is 0 Å². The van der Waals surface area contributed by atoms with Crippen LogP contribution in [0.2, 0.25) is 0 Å². The van der Waals surface area contributed by atoms with Crippen molar-refractivity contribution in [3.63, 3.8) is 0 Å². The van der Waals surface area contributed by atoms with E-state index in [-0.39, 0.29) is 0 Å². The summed E-state index contributed by atoms with van der Waals surface area (Å²) in [5.41, 5.74) is 2.74. The van der Waals surface area contributed by atoms with Gasteiger partial charge in [-0.3, -0.25) is 4.98 Å². The van der Waals surface area contributed by atoms with E-state index in [0.29, 0.717) is 11.2 Å². The van der Waals surface area contributed by atoms with Crippen molar-refractivity contribution in [1.82, 2.24) is 4.98 Å². The second-order valence-electron chi connectivity index (χ2n) is 3.35. The van der Waals surface area contributed by atoms with Gasteiger partial charge in [0.05, 0.1) is 0 Å². The topological polar surface area (TPSA) is 12.9 Å². The monoisotopic (exact) mass is 179 g/mol. The normalized spacial score (nSPS) is 28.2. The summed E-state index contributed by atoms with van der Waals surface area (Å²) in [6, 6.07) is 4.24. The van der Waals surface area contributed by atoms with Crippen LogP contribution >= 0.6 is 11.8 Å². The third-order valence-corrected chi connectivity index (χ3v) is 3.82. The molecule has 1 aromatic heterocycles. The Balaban J connectivity index is 2.47. The standard InChI is InChI=1S/C10H13NS/c1-7-6-12-8(2)9-4-3-5-11-10(7)9/h3-5,7-8H,6H2,1-2H3. The van der Waals surface area contributed by atoms with Crippen LogP contribution in [0.4, 0.5) is 0 Å². The van der Waals surface area contributed by atoms with Crippen molar-refractivity contribution in [3.05, 3.63) is 29.6 Å². The molecule has 0 amide bonds. The number of nitrogens with zero attached hydrogens (tertiary/aromatic N) is 1.